The minimum atomic E-state index is 0.236. The van der Waals surface area contributed by atoms with Gasteiger partial charge in [-0.2, -0.15) is 4.98 Å². The molecule has 1 aromatic heterocycles. The van der Waals surface area contributed by atoms with Crippen LogP contribution in [0.15, 0.2) is 65.2 Å². The number of rotatable bonds is 5. The van der Waals surface area contributed by atoms with Gasteiger partial charge in [-0.25, -0.2) is 0 Å². The third kappa shape index (κ3) is 3.81. The van der Waals surface area contributed by atoms with Gasteiger partial charge in [0.2, 0.25) is 11.7 Å². The number of hydrogen-bond acceptors (Lipinski definition) is 5. The van der Waals surface area contributed by atoms with E-state index in [1.807, 2.05) is 12.1 Å². The fourth-order valence-electron chi connectivity index (χ4n) is 4.01. The molecule has 0 radical (unpaired) electrons. The topological polar surface area (TPSA) is 51.4 Å². The van der Waals surface area contributed by atoms with Crippen LogP contribution in [0.2, 0.25) is 0 Å². The fourth-order valence-corrected chi connectivity index (χ4v) is 4.01. The lowest BCUT2D eigenvalue weighted by Crippen LogP contribution is -2.17. The predicted octanol–water partition coefficient (Wildman–Crippen LogP) is 5.54. The Morgan fingerprint density at radius 2 is 1.83 bits per heavy atom. The Morgan fingerprint density at radius 3 is 2.63 bits per heavy atom. The highest BCUT2D eigenvalue weighted by molar-refractivity contribution is 5.87. The second-order valence-corrected chi connectivity index (χ2v) is 8.09. The van der Waals surface area contributed by atoms with Crippen LogP contribution in [0.3, 0.4) is 0 Å². The Kier molecular flexibility index (Phi) is 4.97. The van der Waals surface area contributed by atoms with Gasteiger partial charge in [-0.3, -0.25) is 4.90 Å². The molecule has 2 heterocycles. The van der Waals surface area contributed by atoms with Crippen LogP contribution in [0.25, 0.3) is 22.2 Å². The van der Waals surface area contributed by atoms with Crippen molar-refractivity contribution in [2.75, 3.05) is 13.6 Å². The molecule has 0 unspecified atom stereocenters. The normalized spacial score (nSPS) is 16.9. The van der Waals surface area contributed by atoms with E-state index in [-0.39, 0.29) is 6.04 Å². The van der Waals surface area contributed by atoms with Crippen LogP contribution in [-0.4, -0.2) is 28.6 Å². The van der Waals surface area contributed by atoms with Gasteiger partial charge in [0.15, 0.2) is 0 Å². The summed E-state index contributed by atoms with van der Waals surface area (Å²) < 4.78 is 11.5. The zero-order valence-corrected chi connectivity index (χ0v) is 17.3. The Balaban J connectivity index is 1.33. The summed E-state index contributed by atoms with van der Waals surface area (Å²) >= 11 is 0. The number of aromatic nitrogens is 2. The minimum absolute atomic E-state index is 0.236. The van der Waals surface area contributed by atoms with E-state index >= 15 is 0 Å². The molecule has 1 aliphatic heterocycles. The molecule has 1 fully saturated rings. The van der Waals surface area contributed by atoms with Crippen molar-refractivity contribution >= 4 is 10.8 Å². The van der Waals surface area contributed by atoms with Crippen molar-refractivity contribution in [3.05, 3.63) is 77.7 Å². The van der Waals surface area contributed by atoms with Gasteiger partial charge in [-0.05, 0) is 67.9 Å². The maximum absolute atomic E-state index is 5.98. The van der Waals surface area contributed by atoms with Crippen LogP contribution in [0.5, 0.6) is 5.75 Å². The first kappa shape index (κ1) is 18.8. The number of aryl methyl sites for hydroxylation is 1. The molecule has 1 atom stereocenters. The summed E-state index contributed by atoms with van der Waals surface area (Å²) in [4.78, 5) is 6.94. The van der Waals surface area contributed by atoms with Crippen molar-refractivity contribution in [1.29, 1.82) is 0 Å². The monoisotopic (exact) mass is 399 g/mol. The zero-order valence-electron chi connectivity index (χ0n) is 17.3. The molecule has 1 saturated heterocycles. The van der Waals surface area contributed by atoms with Crippen molar-refractivity contribution < 1.29 is 9.26 Å². The molecule has 4 aromatic rings. The predicted molar refractivity (Wildman–Crippen MR) is 117 cm³/mol. The third-order valence-corrected chi connectivity index (χ3v) is 5.84. The number of benzene rings is 3. The number of hydrogen-bond donors (Lipinski definition) is 0. The highest BCUT2D eigenvalue weighted by atomic mass is 16.5. The van der Waals surface area contributed by atoms with E-state index in [0.29, 0.717) is 18.3 Å². The molecular formula is C25H25N3O2. The van der Waals surface area contributed by atoms with E-state index in [2.05, 4.69) is 77.5 Å². The van der Waals surface area contributed by atoms with Gasteiger partial charge < -0.3 is 9.26 Å². The molecule has 0 N–H and O–H groups in total. The van der Waals surface area contributed by atoms with E-state index in [4.69, 9.17) is 9.26 Å². The van der Waals surface area contributed by atoms with E-state index in [1.165, 1.54) is 12.0 Å². The molecule has 5 rings (SSSR count). The van der Waals surface area contributed by atoms with Gasteiger partial charge in [0.05, 0.1) is 6.04 Å². The Morgan fingerprint density at radius 1 is 1.03 bits per heavy atom. The molecule has 152 valence electrons. The molecule has 1 aliphatic rings. The van der Waals surface area contributed by atoms with Gasteiger partial charge in [0, 0.05) is 5.56 Å². The smallest absolute Gasteiger partial charge is 0.244 e. The van der Waals surface area contributed by atoms with Gasteiger partial charge >= 0.3 is 0 Å². The van der Waals surface area contributed by atoms with Crippen LogP contribution >= 0.6 is 0 Å². The number of nitrogens with zero attached hydrogens (tertiary/aromatic N) is 3. The lowest BCUT2D eigenvalue weighted by atomic mass is 10.1. The third-order valence-electron chi connectivity index (χ3n) is 5.84. The molecule has 0 bridgehead atoms. The molecule has 30 heavy (non-hydrogen) atoms. The quantitative estimate of drug-likeness (QED) is 0.441. The first-order valence-corrected chi connectivity index (χ1v) is 10.4. The van der Waals surface area contributed by atoms with Crippen molar-refractivity contribution in [1.82, 2.24) is 15.0 Å². The van der Waals surface area contributed by atoms with Gasteiger partial charge in [0.1, 0.15) is 12.4 Å². The maximum Gasteiger partial charge on any atom is 0.244 e. The Labute approximate surface area is 176 Å². The second kappa shape index (κ2) is 7.92. The van der Waals surface area contributed by atoms with Crippen molar-refractivity contribution in [2.45, 2.75) is 32.4 Å². The van der Waals surface area contributed by atoms with E-state index in [0.717, 1.165) is 40.6 Å². The summed E-state index contributed by atoms with van der Waals surface area (Å²) in [5, 5.41) is 6.47. The molecular weight excluding hydrogens is 374 g/mol. The fraction of sp³-hybridized carbons (Fsp3) is 0.280. The molecule has 0 amide bonds. The largest absolute Gasteiger partial charge is 0.489 e. The van der Waals surface area contributed by atoms with Crippen LogP contribution in [0, 0.1) is 6.92 Å². The van der Waals surface area contributed by atoms with Gasteiger partial charge in [-0.15, -0.1) is 0 Å². The SMILES string of the molecule is Cc1ccc(COc2ccc3cc(-c4noc([C@@H]5CCCN5C)n4)ccc3c2)cc1. The number of ether oxygens (including phenoxy) is 1. The first-order valence-electron chi connectivity index (χ1n) is 10.4. The molecule has 0 saturated carbocycles. The van der Waals surface area contributed by atoms with E-state index in [9.17, 15) is 0 Å². The van der Waals surface area contributed by atoms with E-state index in [1.54, 1.807) is 0 Å². The van der Waals surface area contributed by atoms with Gasteiger partial charge in [-0.1, -0.05) is 53.2 Å². The average molecular weight is 399 g/mol. The lowest BCUT2D eigenvalue weighted by molar-refractivity contribution is 0.245. The Hall–Kier alpha value is -3.18. The summed E-state index contributed by atoms with van der Waals surface area (Å²) in [7, 11) is 2.11. The summed E-state index contributed by atoms with van der Waals surface area (Å²) in [6.45, 7) is 3.72. The van der Waals surface area contributed by atoms with Crippen LogP contribution in [-0.2, 0) is 6.61 Å². The summed E-state index contributed by atoms with van der Waals surface area (Å²) in [5.74, 6) is 2.22. The Bertz CT molecular complexity index is 1170. The van der Waals surface area contributed by atoms with Crippen molar-refractivity contribution in [2.24, 2.45) is 0 Å². The second-order valence-electron chi connectivity index (χ2n) is 8.09. The summed E-state index contributed by atoms with van der Waals surface area (Å²) in [5.41, 5.74) is 3.38. The van der Waals surface area contributed by atoms with Crippen molar-refractivity contribution in [3.8, 4) is 17.1 Å². The molecule has 5 nitrogen and oxygen atoms in total. The first-order chi connectivity index (χ1) is 14.7. The average Bonchev–Trinajstić information content (AvgIpc) is 3.42. The molecule has 3 aromatic carbocycles. The van der Waals surface area contributed by atoms with Gasteiger partial charge in [0.25, 0.3) is 0 Å². The summed E-state index contributed by atoms with van der Waals surface area (Å²) in [6, 6.07) is 21.0. The standard InChI is InChI=1S/C25H25N3O2/c1-17-5-7-18(8-6-17)16-29-22-12-11-19-14-21(10-9-20(19)15-22)24-26-25(30-27-24)23-4-3-13-28(23)2/h5-12,14-15,23H,3-4,13,16H2,1-2H3/t23-/m0/s1. The lowest BCUT2D eigenvalue weighted by Gasteiger charge is -2.14. The minimum Gasteiger partial charge on any atom is -0.489 e. The summed E-state index contributed by atoms with van der Waals surface area (Å²) in [6.07, 6.45) is 2.24. The van der Waals surface area contributed by atoms with Crippen LogP contribution in [0.1, 0.15) is 35.9 Å². The molecule has 5 heteroatoms. The number of likely N-dealkylation sites (tertiary alicyclic amines) is 1. The van der Waals surface area contributed by atoms with E-state index < -0.39 is 0 Å². The van der Waals surface area contributed by atoms with Crippen LogP contribution < -0.4 is 4.74 Å². The van der Waals surface area contributed by atoms with Crippen LogP contribution in [0.4, 0.5) is 0 Å². The zero-order chi connectivity index (χ0) is 20.5. The highest BCUT2D eigenvalue weighted by Crippen LogP contribution is 2.31. The maximum atomic E-state index is 5.98. The number of fused-ring (bicyclic) bond motifs is 1. The van der Waals surface area contributed by atoms with Crippen molar-refractivity contribution in [3.63, 3.8) is 0 Å². The highest BCUT2D eigenvalue weighted by Gasteiger charge is 2.28. The molecule has 0 spiro atoms. The molecule has 0 aliphatic carbocycles.